The van der Waals surface area contributed by atoms with Crippen LogP contribution in [0.1, 0.15) is 22.7 Å². The normalized spacial score (nSPS) is 17.3. The number of benzene rings is 1. The number of hydrogen-bond acceptors (Lipinski definition) is 8. The molecule has 0 radical (unpaired) electrons. The van der Waals surface area contributed by atoms with Gasteiger partial charge in [0.2, 0.25) is 5.91 Å². The first-order valence-corrected chi connectivity index (χ1v) is 11.4. The van der Waals surface area contributed by atoms with Gasteiger partial charge in [-0.1, -0.05) is 18.7 Å². The SMILES string of the molecule is C=CC(=O)Nc1cccc(C2c3ccncc3C(N)=CN2Nc2ccc(N3CCOCC3)nc2)c1. The largest absolute Gasteiger partial charge is 0.397 e. The summed E-state index contributed by atoms with van der Waals surface area (Å²) < 4.78 is 5.43. The molecule has 0 saturated carbocycles. The number of rotatable bonds is 6. The van der Waals surface area contributed by atoms with Crippen molar-refractivity contribution in [1.29, 1.82) is 0 Å². The highest BCUT2D eigenvalue weighted by atomic mass is 16.5. The van der Waals surface area contributed by atoms with E-state index >= 15 is 0 Å². The van der Waals surface area contributed by atoms with E-state index in [1.165, 1.54) is 6.08 Å². The van der Waals surface area contributed by atoms with E-state index in [4.69, 9.17) is 10.5 Å². The van der Waals surface area contributed by atoms with Crippen molar-refractivity contribution in [3.8, 4) is 0 Å². The molecule has 2 aromatic heterocycles. The van der Waals surface area contributed by atoms with Crippen LogP contribution in [0, 0.1) is 0 Å². The van der Waals surface area contributed by atoms with Crippen molar-refractivity contribution in [2.24, 2.45) is 5.73 Å². The second-order valence-electron chi connectivity index (χ2n) is 8.29. The Bertz CT molecular complexity index is 1250. The number of anilines is 3. The molecule has 0 spiro atoms. The summed E-state index contributed by atoms with van der Waals surface area (Å²) in [6.45, 7) is 6.61. The van der Waals surface area contributed by atoms with Crippen LogP contribution in [0.3, 0.4) is 0 Å². The van der Waals surface area contributed by atoms with Crippen LogP contribution >= 0.6 is 0 Å². The Balaban J connectivity index is 1.46. The second-order valence-corrected chi connectivity index (χ2v) is 8.29. The van der Waals surface area contributed by atoms with Gasteiger partial charge in [0.1, 0.15) is 11.9 Å². The zero-order valence-corrected chi connectivity index (χ0v) is 19.2. The third-order valence-electron chi connectivity index (χ3n) is 6.01. The van der Waals surface area contributed by atoms with Crippen LogP contribution in [0.4, 0.5) is 17.2 Å². The Morgan fingerprint density at radius 2 is 2.00 bits per heavy atom. The highest BCUT2D eigenvalue weighted by Gasteiger charge is 2.29. The van der Waals surface area contributed by atoms with Crippen molar-refractivity contribution < 1.29 is 9.53 Å². The van der Waals surface area contributed by atoms with Crippen molar-refractivity contribution in [1.82, 2.24) is 15.0 Å². The van der Waals surface area contributed by atoms with Crippen molar-refractivity contribution in [3.63, 3.8) is 0 Å². The van der Waals surface area contributed by atoms with E-state index in [2.05, 4.69) is 32.2 Å². The Hall–Kier alpha value is -4.37. The van der Waals surface area contributed by atoms with Gasteiger partial charge >= 0.3 is 0 Å². The number of aromatic nitrogens is 2. The summed E-state index contributed by atoms with van der Waals surface area (Å²) in [5, 5.41) is 4.79. The molecule has 9 heteroatoms. The lowest BCUT2D eigenvalue weighted by Crippen LogP contribution is -2.37. The Morgan fingerprint density at radius 1 is 1.14 bits per heavy atom. The minimum atomic E-state index is -0.263. The van der Waals surface area contributed by atoms with Crippen LogP contribution in [0.15, 0.2) is 79.9 Å². The van der Waals surface area contributed by atoms with Gasteiger partial charge in [-0.15, -0.1) is 0 Å². The van der Waals surface area contributed by atoms with Crippen molar-refractivity contribution in [2.45, 2.75) is 6.04 Å². The average Bonchev–Trinajstić information content (AvgIpc) is 2.90. The summed E-state index contributed by atoms with van der Waals surface area (Å²) in [7, 11) is 0. The van der Waals surface area contributed by atoms with Crippen LogP contribution in [-0.2, 0) is 9.53 Å². The van der Waals surface area contributed by atoms with E-state index in [0.29, 0.717) is 24.6 Å². The molecule has 1 fully saturated rings. The second kappa shape index (κ2) is 9.86. The fourth-order valence-electron chi connectivity index (χ4n) is 4.33. The van der Waals surface area contributed by atoms with E-state index in [1.807, 2.05) is 59.9 Å². The topological polar surface area (TPSA) is 109 Å². The number of morpholine rings is 1. The fourth-order valence-corrected chi connectivity index (χ4v) is 4.33. The Labute approximate surface area is 203 Å². The molecule has 1 amide bonds. The zero-order chi connectivity index (χ0) is 24.2. The van der Waals surface area contributed by atoms with E-state index in [0.717, 1.165) is 41.3 Å². The van der Waals surface area contributed by atoms with Gasteiger partial charge in [0.25, 0.3) is 0 Å². The maximum absolute atomic E-state index is 11.9. The van der Waals surface area contributed by atoms with Crippen LogP contribution in [-0.4, -0.2) is 47.2 Å². The summed E-state index contributed by atoms with van der Waals surface area (Å²) in [5.74, 6) is 0.659. The molecule has 1 atom stereocenters. The molecule has 178 valence electrons. The van der Waals surface area contributed by atoms with Gasteiger partial charge < -0.3 is 20.7 Å². The molecule has 3 aromatic rings. The lowest BCUT2D eigenvalue weighted by atomic mass is 9.91. The maximum Gasteiger partial charge on any atom is 0.247 e. The van der Waals surface area contributed by atoms with Crippen LogP contribution in [0.5, 0.6) is 0 Å². The van der Waals surface area contributed by atoms with E-state index in [1.54, 1.807) is 12.4 Å². The third-order valence-corrected chi connectivity index (χ3v) is 6.01. The van der Waals surface area contributed by atoms with Gasteiger partial charge in [-0.05, 0) is 47.5 Å². The average molecular weight is 470 g/mol. The number of carbonyl (C=O) groups is 1. The molecule has 2 aliphatic heterocycles. The Morgan fingerprint density at radius 3 is 2.77 bits per heavy atom. The monoisotopic (exact) mass is 469 g/mol. The number of hydrogen-bond donors (Lipinski definition) is 3. The lowest BCUT2D eigenvalue weighted by molar-refractivity contribution is -0.111. The standard InChI is InChI=1S/C26H27N7O2/c1-2-25(34)30-19-5-3-4-18(14-19)26-21-8-9-28-16-22(21)23(27)17-33(26)31-20-6-7-24(29-15-20)32-10-12-35-13-11-32/h2-9,14-17,26,31H,1,10-13,27H2,(H,30,34). The predicted octanol–water partition coefficient (Wildman–Crippen LogP) is 3.13. The quantitative estimate of drug-likeness (QED) is 0.473. The van der Waals surface area contributed by atoms with Gasteiger partial charge in [-0.2, -0.15) is 0 Å². The molecule has 0 bridgehead atoms. The lowest BCUT2D eigenvalue weighted by Gasteiger charge is -2.37. The number of ether oxygens (including phenoxy) is 1. The molecule has 1 aromatic carbocycles. The molecule has 0 aliphatic carbocycles. The highest BCUT2D eigenvalue weighted by Crippen LogP contribution is 2.38. The highest BCUT2D eigenvalue weighted by molar-refractivity contribution is 5.98. The number of pyridine rings is 2. The Kier molecular flexibility index (Phi) is 6.32. The minimum Gasteiger partial charge on any atom is -0.397 e. The van der Waals surface area contributed by atoms with Gasteiger partial charge in [-0.25, -0.2) is 4.98 Å². The van der Waals surface area contributed by atoms with Gasteiger partial charge in [0.15, 0.2) is 0 Å². The third kappa shape index (κ3) is 4.80. The van der Waals surface area contributed by atoms with Crippen molar-refractivity contribution >= 4 is 28.8 Å². The van der Waals surface area contributed by atoms with E-state index in [-0.39, 0.29) is 11.9 Å². The number of carbonyl (C=O) groups excluding carboxylic acids is 1. The van der Waals surface area contributed by atoms with Crippen LogP contribution < -0.4 is 21.4 Å². The van der Waals surface area contributed by atoms with Gasteiger partial charge in [0, 0.05) is 42.9 Å². The van der Waals surface area contributed by atoms with Crippen LogP contribution in [0.2, 0.25) is 0 Å². The zero-order valence-electron chi connectivity index (χ0n) is 19.2. The van der Waals surface area contributed by atoms with Gasteiger partial charge in [-0.3, -0.25) is 20.2 Å². The van der Waals surface area contributed by atoms with Gasteiger partial charge in [0.05, 0.1) is 30.8 Å². The van der Waals surface area contributed by atoms with E-state index in [9.17, 15) is 4.79 Å². The molecule has 1 unspecified atom stereocenters. The first kappa shape index (κ1) is 22.4. The number of nitrogens with two attached hydrogens (primary N) is 1. The fraction of sp³-hybridized carbons (Fsp3) is 0.192. The smallest absolute Gasteiger partial charge is 0.247 e. The molecular weight excluding hydrogens is 442 g/mol. The summed E-state index contributed by atoms with van der Waals surface area (Å²) >= 11 is 0. The number of nitrogens with one attached hydrogen (secondary N) is 2. The van der Waals surface area contributed by atoms with E-state index < -0.39 is 0 Å². The summed E-state index contributed by atoms with van der Waals surface area (Å²) in [6, 6.07) is 13.5. The molecule has 35 heavy (non-hydrogen) atoms. The first-order valence-electron chi connectivity index (χ1n) is 11.4. The molecule has 5 rings (SSSR count). The molecule has 4 heterocycles. The predicted molar refractivity (Wildman–Crippen MR) is 136 cm³/mol. The van der Waals surface area contributed by atoms with Crippen molar-refractivity contribution in [2.75, 3.05) is 41.9 Å². The molecule has 9 nitrogen and oxygen atoms in total. The minimum absolute atomic E-state index is 0.222. The van der Waals surface area contributed by atoms with Crippen LogP contribution in [0.25, 0.3) is 5.70 Å². The molecule has 2 aliphatic rings. The number of hydrazine groups is 1. The summed E-state index contributed by atoms with van der Waals surface area (Å²) in [4.78, 5) is 23.0. The summed E-state index contributed by atoms with van der Waals surface area (Å²) in [5.41, 5.74) is 14.8. The number of nitrogens with zero attached hydrogens (tertiary/aromatic N) is 4. The molecule has 1 saturated heterocycles. The summed E-state index contributed by atoms with van der Waals surface area (Å²) in [6.07, 6.45) is 8.45. The molecule has 4 N–H and O–H groups in total. The number of amides is 1. The van der Waals surface area contributed by atoms with Crippen molar-refractivity contribution in [3.05, 3.63) is 96.6 Å². The first-order chi connectivity index (χ1) is 17.1. The number of fused-ring (bicyclic) bond motifs is 1. The molecular formula is C26H27N7O2. The maximum atomic E-state index is 11.9.